The molecule has 0 fully saturated rings. The smallest absolute Gasteiger partial charge is 0.257 e. The van der Waals surface area contributed by atoms with E-state index in [-0.39, 0.29) is 11.3 Å². The summed E-state index contributed by atoms with van der Waals surface area (Å²) in [5.41, 5.74) is 0.551. The minimum atomic E-state index is -0.148. The van der Waals surface area contributed by atoms with Crippen LogP contribution in [-0.4, -0.2) is 11.1 Å². The summed E-state index contributed by atoms with van der Waals surface area (Å²) >= 11 is 1.59. The number of amides is 1. The van der Waals surface area contributed by atoms with Crippen LogP contribution < -0.4 is 5.32 Å². The second-order valence-electron chi connectivity index (χ2n) is 5.44. The van der Waals surface area contributed by atoms with Crippen molar-refractivity contribution in [3.63, 3.8) is 0 Å². The number of carbonyl (C=O) groups excluding carboxylic acids is 1. The maximum Gasteiger partial charge on any atom is 0.257 e. The van der Waals surface area contributed by atoms with Gasteiger partial charge in [0.1, 0.15) is 5.76 Å². The van der Waals surface area contributed by atoms with E-state index in [1.54, 1.807) is 17.4 Å². The van der Waals surface area contributed by atoms with Crippen LogP contribution in [0.3, 0.4) is 0 Å². The zero-order chi connectivity index (χ0) is 14.0. The fraction of sp³-hybridized carbons (Fsp3) is 0.429. The fourth-order valence-corrected chi connectivity index (χ4v) is 2.38. The molecule has 1 N–H and O–H groups in total. The van der Waals surface area contributed by atoms with Gasteiger partial charge in [-0.3, -0.25) is 4.79 Å². The molecule has 4 nitrogen and oxygen atoms in total. The molecule has 0 saturated carbocycles. The van der Waals surface area contributed by atoms with Crippen LogP contribution in [0, 0.1) is 0 Å². The minimum Gasteiger partial charge on any atom is -0.359 e. The van der Waals surface area contributed by atoms with E-state index >= 15 is 0 Å². The Morgan fingerprint density at radius 2 is 2.16 bits per heavy atom. The maximum absolute atomic E-state index is 12.0. The van der Waals surface area contributed by atoms with Crippen LogP contribution in [-0.2, 0) is 11.8 Å². The quantitative estimate of drug-likeness (QED) is 0.927. The van der Waals surface area contributed by atoms with E-state index in [4.69, 9.17) is 4.52 Å². The maximum atomic E-state index is 12.0. The van der Waals surface area contributed by atoms with Gasteiger partial charge in [0.2, 0.25) is 0 Å². The molecule has 0 atom stereocenters. The molecule has 2 aromatic rings. The number of aryl methyl sites for hydroxylation is 1. The molecule has 102 valence electrons. The molecule has 0 aliphatic carbocycles. The van der Waals surface area contributed by atoms with Gasteiger partial charge in [-0.25, -0.2) is 0 Å². The van der Waals surface area contributed by atoms with Crippen molar-refractivity contribution in [2.24, 2.45) is 0 Å². The first-order chi connectivity index (χ1) is 8.90. The Balaban J connectivity index is 2.09. The topological polar surface area (TPSA) is 55.1 Å². The average molecular weight is 278 g/mol. The van der Waals surface area contributed by atoms with Gasteiger partial charge in [-0.05, 0) is 12.5 Å². The third-order valence-corrected chi connectivity index (χ3v) is 3.84. The van der Waals surface area contributed by atoms with E-state index in [0.29, 0.717) is 11.4 Å². The van der Waals surface area contributed by atoms with Crippen molar-refractivity contribution in [2.75, 3.05) is 5.32 Å². The molecule has 2 heterocycles. The highest BCUT2D eigenvalue weighted by Gasteiger charge is 2.20. The third kappa shape index (κ3) is 3.23. The number of rotatable bonds is 3. The largest absolute Gasteiger partial charge is 0.359 e. The van der Waals surface area contributed by atoms with Crippen molar-refractivity contribution in [3.8, 4) is 0 Å². The van der Waals surface area contributed by atoms with Crippen LogP contribution in [0.1, 0.15) is 48.7 Å². The summed E-state index contributed by atoms with van der Waals surface area (Å²) in [7, 11) is 0. The Bertz CT molecular complexity index is 578. The molecular weight excluding hydrogens is 260 g/mol. The lowest BCUT2D eigenvalue weighted by molar-refractivity contribution is 0.102. The van der Waals surface area contributed by atoms with E-state index in [2.05, 4.69) is 17.4 Å². The van der Waals surface area contributed by atoms with Gasteiger partial charge in [-0.15, -0.1) is 11.3 Å². The van der Waals surface area contributed by atoms with Crippen molar-refractivity contribution in [2.45, 2.75) is 39.5 Å². The monoisotopic (exact) mass is 278 g/mol. The van der Waals surface area contributed by atoms with Crippen LogP contribution >= 0.6 is 11.3 Å². The second kappa shape index (κ2) is 5.17. The van der Waals surface area contributed by atoms with Gasteiger partial charge in [0.25, 0.3) is 5.91 Å². The number of anilines is 1. The number of nitrogens with one attached hydrogen (secondary N) is 1. The fourth-order valence-electron chi connectivity index (χ4n) is 1.56. The average Bonchev–Trinajstić information content (AvgIpc) is 2.95. The van der Waals surface area contributed by atoms with Gasteiger partial charge in [0.15, 0.2) is 5.82 Å². The van der Waals surface area contributed by atoms with Crippen LogP contribution in [0.5, 0.6) is 0 Å². The molecule has 0 aliphatic heterocycles. The first kappa shape index (κ1) is 13.8. The SMILES string of the molecule is CCc1cc(C(=O)Nc2cc(C(C)(C)C)on2)cs1. The van der Waals surface area contributed by atoms with Gasteiger partial charge < -0.3 is 9.84 Å². The zero-order valence-electron chi connectivity index (χ0n) is 11.6. The molecule has 0 aromatic carbocycles. The summed E-state index contributed by atoms with van der Waals surface area (Å²) in [6, 6.07) is 3.68. The molecule has 0 radical (unpaired) electrons. The van der Waals surface area contributed by atoms with Crippen molar-refractivity contribution < 1.29 is 9.32 Å². The van der Waals surface area contributed by atoms with Gasteiger partial charge >= 0.3 is 0 Å². The predicted octanol–water partition coefficient (Wildman–Crippen LogP) is 3.85. The summed E-state index contributed by atoms with van der Waals surface area (Å²) < 4.78 is 5.23. The molecule has 1 amide bonds. The number of nitrogens with zero attached hydrogens (tertiary/aromatic N) is 1. The van der Waals surface area contributed by atoms with Gasteiger partial charge in [0.05, 0.1) is 5.56 Å². The Morgan fingerprint density at radius 3 is 2.68 bits per heavy atom. The number of hydrogen-bond acceptors (Lipinski definition) is 4. The molecule has 2 aromatic heterocycles. The predicted molar refractivity (Wildman–Crippen MR) is 76.9 cm³/mol. The molecular formula is C14H18N2O2S. The highest BCUT2D eigenvalue weighted by molar-refractivity contribution is 7.10. The Hall–Kier alpha value is -1.62. The van der Waals surface area contributed by atoms with Crippen LogP contribution in [0.25, 0.3) is 0 Å². The van der Waals surface area contributed by atoms with Crippen molar-refractivity contribution in [3.05, 3.63) is 33.7 Å². The normalized spacial score (nSPS) is 11.6. The standard InChI is InChI=1S/C14H18N2O2S/c1-5-10-6-9(8-19-10)13(17)15-12-7-11(18-16-12)14(2,3)4/h6-8H,5H2,1-4H3,(H,15,16,17). The summed E-state index contributed by atoms with van der Waals surface area (Å²) in [5.74, 6) is 1.06. The van der Waals surface area contributed by atoms with Crippen LogP contribution in [0.15, 0.2) is 22.0 Å². The summed E-state index contributed by atoms with van der Waals surface area (Å²) in [6.07, 6.45) is 0.941. The summed E-state index contributed by atoms with van der Waals surface area (Å²) in [4.78, 5) is 13.2. The third-order valence-electron chi connectivity index (χ3n) is 2.76. The lowest BCUT2D eigenvalue weighted by Gasteiger charge is -2.11. The minimum absolute atomic E-state index is 0.117. The van der Waals surface area contributed by atoms with E-state index < -0.39 is 0 Å². The van der Waals surface area contributed by atoms with Crippen molar-refractivity contribution >= 4 is 23.1 Å². The highest BCUT2D eigenvalue weighted by Crippen LogP contribution is 2.25. The molecule has 0 bridgehead atoms. The van der Waals surface area contributed by atoms with E-state index in [1.165, 1.54) is 4.88 Å². The van der Waals surface area contributed by atoms with Gasteiger partial charge in [-0.1, -0.05) is 32.9 Å². The number of carbonyl (C=O) groups is 1. The van der Waals surface area contributed by atoms with Crippen molar-refractivity contribution in [1.82, 2.24) is 5.16 Å². The van der Waals surface area contributed by atoms with Crippen molar-refractivity contribution in [1.29, 1.82) is 0 Å². The lowest BCUT2D eigenvalue weighted by atomic mass is 9.93. The summed E-state index contributed by atoms with van der Waals surface area (Å²) in [6.45, 7) is 8.17. The molecule has 0 spiro atoms. The molecule has 19 heavy (non-hydrogen) atoms. The van der Waals surface area contributed by atoms with E-state index in [1.807, 2.05) is 32.2 Å². The molecule has 5 heteroatoms. The molecule has 0 unspecified atom stereocenters. The summed E-state index contributed by atoms with van der Waals surface area (Å²) in [5, 5.41) is 8.48. The first-order valence-electron chi connectivity index (χ1n) is 6.26. The van der Waals surface area contributed by atoms with Crippen LogP contribution in [0.4, 0.5) is 5.82 Å². The second-order valence-corrected chi connectivity index (χ2v) is 6.43. The zero-order valence-corrected chi connectivity index (χ0v) is 12.4. The van der Waals surface area contributed by atoms with Crippen LogP contribution in [0.2, 0.25) is 0 Å². The number of aromatic nitrogens is 1. The Morgan fingerprint density at radius 1 is 1.42 bits per heavy atom. The molecule has 2 rings (SSSR count). The van der Waals surface area contributed by atoms with E-state index in [0.717, 1.165) is 12.2 Å². The lowest BCUT2D eigenvalue weighted by Crippen LogP contribution is -2.11. The van der Waals surface area contributed by atoms with Gasteiger partial charge in [0, 0.05) is 21.7 Å². The van der Waals surface area contributed by atoms with E-state index in [9.17, 15) is 4.79 Å². The Labute approximate surface area is 116 Å². The molecule has 0 aliphatic rings. The first-order valence-corrected chi connectivity index (χ1v) is 7.14. The number of thiophene rings is 1. The Kier molecular flexibility index (Phi) is 3.75. The number of hydrogen-bond donors (Lipinski definition) is 1. The highest BCUT2D eigenvalue weighted by atomic mass is 32.1. The molecule has 0 saturated heterocycles. The van der Waals surface area contributed by atoms with Gasteiger partial charge in [-0.2, -0.15) is 0 Å².